The Bertz CT molecular complexity index is 946. The standard InChI is InChI=1S/C15H18O5.C9H13NO3/c1-5-20-14(16)10(2)8-11-6-7-13(18-3)12(9-11)15(17)19-4;1-11-7-4-6(10)5-8(12-2)9(7)13-3/h6-7,9H,2,5,8H2,1,3-4H3;4-5H,10H2,1-3H3. The minimum Gasteiger partial charge on any atom is -0.496 e. The number of carbonyl (C=O) groups excluding carboxylic acids is 2. The molecule has 0 amide bonds. The molecule has 0 aliphatic rings. The zero-order valence-electron chi connectivity index (χ0n) is 19.9. The van der Waals surface area contributed by atoms with Gasteiger partial charge in [-0.2, -0.15) is 0 Å². The molecule has 180 valence electrons. The Morgan fingerprint density at radius 2 is 1.45 bits per heavy atom. The Labute approximate surface area is 194 Å². The van der Waals surface area contributed by atoms with Crippen molar-refractivity contribution in [3.63, 3.8) is 0 Å². The van der Waals surface area contributed by atoms with Gasteiger partial charge in [-0.25, -0.2) is 9.59 Å². The van der Waals surface area contributed by atoms with Gasteiger partial charge in [0.1, 0.15) is 11.3 Å². The zero-order chi connectivity index (χ0) is 25.0. The molecule has 0 saturated heterocycles. The number of hydrogen-bond donors (Lipinski definition) is 1. The van der Waals surface area contributed by atoms with Crippen molar-refractivity contribution in [2.45, 2.75) is 13.3 Å². The molecule has 0 aromatic heterocycles. The van der Waals surface area contributed by atoms with Crippen LogP contribution in [0, 0.1) is 0 Å². The molecule has 9 heteroatoms. The van der Waals surface area contributed by atoms with Crippen molar-refractivity contribution in [1.82, 2.24) is 0 Å². The molecular formula is C24H31NO8. The topological polar surface area (TPSA) is 116 Å². The second kappa shape index (κ2) is 13.5. The van der Waals surface area contributed by atoms with E-state index in [0.717, 1.165) is 5.56 Å². The SMILES string of the molecule is C=C(Cc1ccc(OC)c(C(=O)OC)c1)C(=O)OCC.COc1cc(N)cc(OC)c1OC. The third-order valence-corrected chi connectivity index (χ3v) is 4.34. The van der Waals surface area contributed by atoms with E-state index < -0.39 is 11.9 Å². The van der Waals surface area contributed by atoms with E-state index in [2.05, 4.69) is 6.58 Å². The van der Waals surface area contributed by atoms with Gasteiger partial charge in [0.2, 0.25) is 5.75 Å². The summed E-state index contributed by atoms with van der Waals surface area (Å²) in [7, 11) is 7.43. The number of ether oxygens (including phenoxy) is 6. The van der Waals surface area contributed by atoms with Gasteiger partial charge < -0.3 is 34.2 Å². The summed E-state index contributed by atoms with van der Waals surface area (Å²) in [6, 6.07) is 8.40. The fraction of sp³-hybridized carbons (Fsp3) is 0.333. The molecule has 0 radical (unpaired) electrons. The van der Waals surface area contributed by atoms with Gasteiger partial charge in [-0.1, -0.05) is 12.6 Å². The Morgan fingerprint density at radius 3 is 1.91 bits per heavy atom. The van der Waals surface area contributed by atoms with Gasteiger partial charge in [0.05, 0.1) is 42.2 Å². The third-order valence-electron chi connectivity index (χ3n) is 4.34. The maximum absolute atomic E-state index is 11.7. The molecule has 2 aromatic rings. The van der Waals surface area contributed by atoms with Crippen LogP contribution in [0.5, 0.6) is 23.0 Å². The molecule has 0 atom stereocenters. The summed E-state index contributed by atoms with van der Waals surface area (Å²) < 4.78 is 29.9. The monoisotopic (exact) mass is 461 g/mol. The van der Waals surface area contributed by atoms with E-state index in [-0.39, 0.29) is 0 Å². The van der Waals surface area contributed by atoms with Gasteiger partial charge in [0, 0.05) is 29.8 Å². The van der Waals surface area contributed by atoms with Gasteiger partial charge >= 0.3 is 11.9 Å². The Morgan fingerprint density at radius 1 is 0.879 bits per heavy atom. The first kappa shape index (κ1) is 27.2. The second-order valence-corrected chi connectivity index (χ2v) is 6.49. The van der Waals surface area contributed by atoms with Gasteiger partial charge in [0.25, 0.3) is 0 Å². The summed E-state index contributed by atoms with van der Waals surface area (Å²) in [5.74, 6) is 1.17. The molecule has 0 spiro atoms. The largest absolute Gasteiger partial charge is 0.496 e. The average molecular weight is 462 g/mol. The Hall–Kier alpha value is -3.88. The van der Waals surface area contributed by atoms with Crippen molar-refractivity contribution in [2.75, 3.05) is 47.9 Å². The number of anilines is 1. The highest BCUT2D eigenvalue weighted by molar-refractivity contribution is 5.93. The van der Waals surface area contributed by atoms with Crippen LogP contribution in [0.2, 0.25) is 0 Å². The molecule has 0 aliphatic carbocycles. The molecule has 2 aromatic carbocycles. The summed E-state index contributed by atoms with van der Waals surface area (Å²) >= 11 is 0. The van der Waals surface area contributed by atoms with Crippen LogP contribution in [-0.2, 0) is 20.7 Å². The van der Waals surface area contributed by atoms with Crippen molar-refractivity contribution >= 4 is 17.6 Å². The maximum Gasteiger partial charge on any atom is 0.341 e. The van der Waals surface area contributed by atoms with Crippen LogP contribution >= 0.6 is 0 Å². The van der Waals surface area contributed by atoms with E-state index in [9.17, 15) is 9.59 Å². The normalized spacial score (nSPS) is 9.64. The van der Waals surface area contributed by atoms with E-state index in [1.807, 2.05) is 0 Å². The van der Waals surface area contributed by atoms with E-state index in [1.165, 1.54) is 14.2 Å². The molecule has 33 heavy (non-hydrogen) atoms. The predicted octanol–water partition coefficient (Wildman–Crippen LogP) is 3.44. The highest BCUT2D eigenvalue weighted by Crippen LogP contribution is 2.38. The molecule has 0 heterocycles. The lowest BCUT2D eigenvalue weighted by molar-refractivity contribution is -0.138. The summed E-state index contributed by atoms with van der Waals surface area (Å²) in [6.07, 6.45) is 0.298. The van der Waals surface area contributed by atoms with Crippen LogP contribution in [0.15, 0.2) is 42.5 Å². The van der Waals surface area contributed by atoms with E-state index in [4.69, 9.17) is 34.2 Å². The van der Waals surface area contributed by atoms with E-state index >= 15 is 0 Å². The van der Waals surface area contributed by atoms with Crippen molar-refractivity contribution < 1.29 is 38.0 Å². The second-order valence-electron chi connectivity index (χ2n) is 6.49. The number of nitrogen functional groups attached to an aromatic ring is 1. The van der Waals surface area contributed by atoms with E-state index in [1.54, 1.807) is 58.6 Å². The van der Waals surface area contributed by atoms with Gasteiger partial charge in [-0.05, 0) is 24.6 Å². The summed E-state index contributed by atoms with van der Waals surface area (Å²) in [5.41, 5.74) is 7.59. The molecule has 0 unspecified atom stereocenters. The first-order valence-electron chi connectivity index (χ1n) is 9.91. The number of methoxy groups -OCH3 is 5. The lowest BCUT2D eigenvalue weighted by Crippen LogP contribution is -2.10. The summed E-state index contributed by atoms with van der Waals surface area (Å²) in [5, 5.41) is 0. The maximum atomic E-state index is 11.7. The van der Waals surface area contributed by atoms with Gasteiger partial charge in [-0.15, -0.1) is 0 Å². The highest BCUT2D eigenvalue weighted by Gasteiger charge is 2.15. The van der Waals surface area contributed by atoms with Gasteiger partial charge in [0.15, 0.2) is 11.5 Å². The van der Waals surface area contributed by atoms with Crippen molar-refractivity contribution in [2.24, 2.45) is 0 Å². The fourth-order valence-electron chi connectivity index (χ4n) is 2.79. The van der Waals surface area contributed by atoms with Crippen LogP contribution in [0.1, 0.15) is 22.8 Å². The number of rotatable bonds is 9. The smallest absolute Gasteiger partial charge is 0.341 e. The highest BCUT2D eigenvalue weighted by atomic mass is 16.5. The first-order valence-corrected chi connectivity index (χ1v) is 9.91. The van der Waals surface area contributed by atoms with Crippen molar-refractivity contribution in [1.29, 1.82) is 0 Å². The number of nitrogens with two attached hydrogens (primary N) is 1. The number of esters is 2. The fourth-order valence-corrected chi connectivity index (χ4v) is 2.79. The minimum absolute atomic E-state index is 0.298. The number of hydrogen-bond acceptors (Lipinski definition) is 9. The summed E-state index contributed by atoms with van der Waals surface area (Å²) in [6.45, 7) is 5.71. The van der Waals surface area contributed by atoms with Crippen molar-refractivity contribution in [3.05, 3.63) is 53.6 Å². The lowest BCUT2D eigenvalue weighted by atomic mass is 10.0. The molecule has 0 aliphatic heterocycles. The van der Waals surface area contributed by atoms with Crippen LogP contribution < -0.4 is 24.7 Å². The third kappa shape index (κ3) is 7.64. The Balaban J connectivity index is 0.000000361. The molecular weight excluding hydrogens is 430 g/mol. The van der Waals surface area contributed by atoms with Gasteiger partial charge in [-0.3, -0.25) is 0 Å². The van der Waals surface area contributed by atoms with Crippen LogP contribution in [0.25, 0.3) is 0 Å². The number of carbonyl (C=O) groups is 2. The van der Waals surface area contributed by atoms with E-state index in [0.29, 0.717) is 52.8 Å². The lowest BCUT2D eigenvalue weighted by Gasteiger charge is -2.12. The molecule has 2 N–H and O–H groups in total. The molecule has 0 saturated carbocycles. The molecule has 0 bridgehead atoms. The first-order chi connectivity index (χ1) is 15.8. The quantitative estimate of drug-likeness (QED) is 0.340. The minimum atomic E-state index is -0.495. The molecule has 9 nitrogen and oxygen atoms in total. The molecule has 2 rings (SSSR count). The Kier molecular flexibility index (Phi) is 11.1. The van der Waals surface area contributed by atoms with Crippen LogP contribution in [-0.4, -0.2) is 54.1 Å². The summed E-state index contributed by atoms with van der Waals surface area (Å²) in [4.78, 5) is 23.2. The zero-order valence-corrected chi connectivity index (χ0v) is 19.9. The number of benzene rings is 2. The van der Waals surface area contributed by atoms with Crippen LogP contribution in [0.4, 0.5) is 5.69 Å². The molecule has 0 fully saturated rings. The van der Waals surface area contributed by atoms with Crippen LogP contribution in [0.3, 0.4) is 0 Å². The average Bonchev–Trinajstić information content (AvgIpc) is 2.83. The predicted molar refractivity (Wildman–Crippen MR) is 124 cm³/mol. The van der Waals surface area contributed by atoms with Crippen molar-refractivity contribution in [3.8, 4) is 23.0 Å².